The molecular formula is C29H31N3O3S2. The van der Waals surface area contributed by atoms with Crippen LogP contribution in [0.25, 0.3) is 10.2 Å². The van der Waals surface area contributed by atoms with E-state index in [-0.39, 0.29) is 10.8 Å². The van der Waals surface area contributed by atoms with E-state index in [0.29, 0.717) is 30.3 Å². The monoisotopic (exact) mass is 533 g/mol. The Morgan fingerprint density at radius 1 is 0.919 bits per heavy atom. The first-order chi connectivity index (χ1) is 18.0. The lowest BCUT2D eigenvalue weighted by molar-refractivity contribution is 0.0985. The molecule has 192 valence electrons. The highest BCUT2D eigenvalue weighted by molar-refractivity contribution is 7.89. The fraction of sp³-hybridized carbons (Fsp3) is 0.310. The van der Waals surface area contributed by atoms with E-state index in [9.17, 15) is 13.2 Å². The summed E-state index contributed by atoms with van der Waals surface area (Å²) in [6.45, 7) is 3.58. The van der Waals surface area contributed by atoms with Crippen LogP contribution in [0, 0.1) is 0 Å². The normalized spacial score (nSPS) is 14.9. The Hall–Kier alpha value is -3.07. The zero-order chi connectivity index (χ0) is 25.8. The van der Waals surface area contributed by atoms with Crippen LogP contribution in [0.2, 0.25) is 0 Å². The summed E-state index contributed by atoms with van der Waals surface area (Å²) in [5, 5.41) is 0.623. The van der Waals surface area contributed by atoms with Crippen molar-refractivity contribution in [2.24, 2.45) is 0 Å². The van der Waals surface area contributed by atoms with E-state index in [4.69, 9.17) is 4.98 Å². The van der Waals surface area contributed by atoms with E-state index in [0.717, 1.165) is 47.9 Å². The zero-order valence-corrected chi connectivity index (χ0v) is 22.6. The number of sulfonamides is 1. The summed E-state index contributed by atoms with van der Waals surface area (Å²) in [5.41, 5.74) is 3.51. The lowest BCUT2D eigenvalue weighted by Crippen LogP contribution is -2.32. The number of carbonyl (C=O) groups excluding carboxylic acids is 1. The smallest absolute Gasteiger partial charge is 0.260 e. The van der Waals surface area contributed by atoms with Crippen molar-refractivity contribution in [1.82, 2.24) is 9.29 Å². The first-order valence-electron chi connectivity index (χ1n) is 12.8. The molecule has 0 radical (unpaired) electrons. The van der Waals surface area contributed by atoms with E-state index in [2.05, 4.69) is 19.1 Å². The highest BCUT2D eigenvalue weighted by atomic mass is 32.2. The number of aryl methyl sites for hydroxylation is 1. The largest absolute Gasteiger partial charge is 0.279 e. The first kappa shape index (κ1) is 25.6. The van der Waals surface area contributed by atoms with Gasteiger partial charge in [-0.3, -0.25) is 9.69 Å². The van der Waals surface area contributed by atoms with Crippen molar-refractivity contribution >= 4 is 42.6 Å². The lowest BCUT2D eigenvalue weighted by atomic mass is 10.1. The number of nitrogens with zero attached hydrogens (tertiary/aromatic N) is 3. The number of rotatable bonds is 7. The molecule has 5 rings (SSSR count). The Balaban J connectivity index is 1.46. The number of fused-ring (bicyclic) bond motifs is 1. The second kappa shape index (κ2) is 11.1. The van der Waals surface area contributed by atoms with Gasteiger partial charge in [0.15, 0.2) is 5.13 Å². The minimum Gasteiger partial charge on any atom is -0.279 e. The molecule has 0 atom stereocenters. The van der Waals surface area contributed by atoms with Crippen molar-refractivity contribution in [3.05, 3.63) is 89.5 Å². The van der Waals surface area contributed by atoms with Crippen molar-refractivity contribution in [2.75, 3.05) is 18.0 Å². The number of aromatic nitrogens is 1. The maximum Gasteiger partial charge on any atom is 0.260 e. The van der Waals surface area contributed by atoms with Gasteiger partial charge in [0.25, 0.3) is 5.91 Å². The number of hydrogen-bond acceptors (Lipinski definition) is 5. The van der Waals surface area contributed by atoms with Crippen LogP contribution in [0.5, 0.6) is 0 Å². The van der Waals surface area contributed by atoms with Crippen molar-refractivity contribution in [3.8, 4) is 0 Å². The number of benzene rings is 3. The Labute approximate surface area is 222 Å². The molecule has 4 aromatic rings. The average molecular weight is 534 g/mol. The van der Waals surface area contributed by atoms with Crippen LogP contribution in [0.15, 0.2) is 77.7 Å². The predicted octanol–water partition coefficient (Wildman–Crippen LogP) is 6.27. The second-order valence-electron chi connectivity index (χ2n) is 9.37. The van der Waals surface area contributed by atoms with Gasteiger partial charge in [-0.2, -0.15) is 4.31 Å². The standard InChI is InChI=1S/C29H31N3O3S2/c1-2-22-12-17-26-27(20-22)36-29(30-26)32(21-23-10-6-5-7-11-23)28(33)24-13-15-25(16-14-24)37(34,35)31-18-8-3-4-9-19-31/h5-7,10-17,20H,2-4,8-9,18-19,21H2,1H3. The molecule has 0 saturated carbocycles. The molecule has 0 N–H and O–H groups in total. The summed E-state index contributed by atoms with van der Waals surface area (Å²) in [4.78, 5) is 20.5. The third kappa shape index (κ3) is 5.61. The van der Waals surface area contributed by atoms with Gasteiger partial charge in [-0.25, -0.2) is 13.4 Å². The van der Waals surface area contributed by atoms with Gasteiger partial charge in [0.2, 0.25) is 10.0 Å². The summed E-state index contributed by atoms with van der Waals surface area (Å²) in [5.74, 6) is -0.211. The van der Waals surface area contributed by atoms with Crippen LogP contribution in [0.3, 0.4) is 0 Å². The molecule has 8 heteroatoms. The van der Waals surface area contributed by atoms with Crippen LogP contribution in [-0.2, 0) is 23.0 Å². The van der Waals surface area contributed by atoms with Gasteiger partial charge in [-0.15, -0.1) is 0 Å². The van der Waals surface area contributed by atoms with E-state index < -0.39 is 10.0 Å². The summed E-state index contributed by atoms with van der Waals surface area (Å²) in [6.07, 6.45) is 4.81. The Morgan fingerprint density at radius 3 is 2.30 bits per heavy atom. The number of anilines is 1. The van der Waals surface area contributed by atoms with Gasteiger partial charge in [0.05, 0.1) is 21.7 Å². The quantitative estimate of drug-likeness (QED) is 0.281. The Bertz CT molecular complexity index is 1470. The Morgan fingerprint density at radius 2 is 1.62 bits per heavy atom. The van der Waals surface area contributed by atoms with E-state index in [1.165, 1.54) is 16.9 Å². The average Bonchev–Trinajstić information content (AvgIpc) is 3.14. The summed E-state index contributed by atoms with van der Waals surface area (Å²) < 4.78 is 29.0. The number of thiazole rings is 1. The molecule has 0 unspecified atom stereocenters. The first-order valence-corrected chi connectivity index (χ1v) is 15.1. The Kier molecular flexibility index (Phi) is 7.69. The van der Waals surface area contributed by atoms with Crippen LogP contribution < -0.4 is 4.90 Å². The van der Waals surface area contributed by atoms with Crippen LogP contribution in [0.4, 0.5) is 5.13 Å². The van der Waals surface area contributed by atoms with Gasteiger partial charge < -0.3 is 0 Å². The molecule has 1 aliphatic heterocycles. The highest BCUT2D eigenvalue weighted by Crippen LogP contribution is 2.32. The lowest BCUT2D eigenvalue weighted by Gasteiger charge is -2.21. The zero-order valence-electron chi connectivity index (χ0n) is 21.0. The molecule has 1 aromatic heterocycles. The van der Waals surface area contributed by atoms with E-state index in [1.54, 1.807) is 33.5 Å². The molecule has 3 aromatic carbocycles. The van der Waals surface area contributed by atoms with Gasteiger partial charge in [0, 0.05) is 18.7 Å². The molecule has 1 fully saturated rings. The fourth-order valence-corrected chi connectivity index (χ4v) is 7.18. The third-order valence-corrected chi connectivity index (χ3v) is 9.77. The maximum atomic E-state index is 13.8. The van der Waals surface area contributed by atoms with Gasteiger partial charge in [-0.05, 0) is 66.8 Å². The number of carbonyl (C=O) groups is 1. The fourth-order valence-electron chi connectivity index (χ4n) is 4.64. The number of hydrogen-bond donors (Lipinski definition) is 0. The molecule has 1 amide bonds. The van der Waals surface area contributed by atoms with Gasteiger partial charge in [-0.1, -0.05) is 67.5 Å². The van der Waals surface area contributed by atoms with Crippen molar-refractivity contribution in [1.29, 1.82) is 0 Å². The highest BCUT2D eigenvalue weighted by Gasteiger charge is 2.26. The predicted molar refractivity (Wildman–Crippen MR) is 150 cm³/mol. The van der Waals surface area contributed by atoms with Crippen molar-refractivity contribution < 1.29 is 13.2 Å². The molecule has 1 aliphatic rings. The summed E-state index contributed by atoms with van der Waals surface area (Å²) in [7, 11) is -3.57. The SMILES string of the molecule is CCc1ccc2nc(N(Cc3ccccc3)C(=O)c3ccc(S(=O)(=O)N4CCCCCC4)cc3)sc2c1. The van der Waals surface area contributed by atoms with Crippen LogP contribution in [0.1, 0.15) is 54.1 Å². The molecular weight excluding hydrogens is 502 g/mol. The third-order valence-electron chi connectivity index (χ3n) is 6.81. The van der Waals surface area contributed by atoms with Gasteiger partial charge in [0.1, 0.15) is 0 Å². The molecule has 1 saturated heterocycles. The van der Waals surface area contributed by atoms with Crippen LogP contribution in [-0.4, -0.2) is 36.7 Å². The topological polar surface area (TPSA) is 70.6 Å². The molecule has 6 nitrogen and oxygen atoms in total. The van der Waals surface area contributed by atoms with E-state index in [1.807, 2.05) is 36.4 Å². The summed E-state index contributed by atoms with van der Waals surface area (Å²) >= 11 is 1.50. The molecule has 37 heavy (non-hydrogen) atoms. The molecule has 0 spiro atoms. The minimum atomic E-state index is -3.57. The minimum absolute atomic E-state index is 0.211. The molecule has 0 aliphatic carbocycles. The number of amides is 1. The molecule has 0 bridgehead atoms. The summed E-state index contributed by atoms with van der Waals surface area (Å²) in [6, 6.07) is 22.4. The van der Waals surface area contributed by atoms with Crippen molar-refractivity contribution in [2.45, 2.75) is 50.5 Å². The van der Waals surface area contributed by atoms with Crippen LogP contribution >= 0.6 is 11.3 Å². The molecule has 2 heterocycles. The maximum absolute atomic E-state index is 13.8. The van der Waals surface area contributed by atoms with Gasteiger partial charge >= 0.3 is 0 Å². The van der Waals surface area contributed by atoms with E-state index >= 15 is 0 Å². The second-order valence-corrected chi connectivity index (χ2v) is 12.3. The van der Waals surface area contributed by atoms with Crippen molar-refractivity contribution in [3.63, 3.8) is 0 Å².